The Morgan fingerprint density at radius 1 is 1.50 bits per heavy atom. The fourth-order valence-electron chi connectivity index (χ4n) is 2.37. The van der Waals surface area contributed by atoms with E-state index < -0.39 is 5.41 Å². The molecule has 0 saturated carbocycles. The van der Waals surface area contributed by atoms with Gasteiger partial charge < -0.3 is 10.6 Å². The quantitative estimate of drug-likeness (QED) is 0.897. The fraction of sp³-hybridized carbons (Fsp3) is 0.533. The molecule has 1 aromatic carbocycles. The summed E-state index contributed by atoms with van der Waals surface area (Å²) in [5.41, 5.74) is 0.833. The van der Waals surface area contributed by atoms with Gasteiger partial charge in [-0.15, -0.1) is 11.8 Å². The van der Waals surface area contributed by atoms with E-state index in [1.807, 2.05) is 37.7 Å². The Labute approximate surface area is 129 Å². The zero-order chi connectivity index (χ0) is 14.8. The SMILES string of the molecule is CNC(=O)C(C)(C)CNC1CCSc2ccc(Cl)cc21. The molecule has 1 unspecified atom stereocenters. The van der Waals surface area contributed by atoms with Crippen LogP contribution in [0.15, 0.2) is 23.1 Å². The summed E-state index contributed by atoms with van der Waals surface area (Å²) in [6, 6.07) is 6.33. The van der Waals surface area contributed by atoms with E-state index in [0.717, 1.165) is 17.2 Å². The molecule has 0 spiro atoms. The summed E-state index contributed by atoms with van der Waals surface area (Å²) in [6.45, 7) is 4.55. The molecule has 0 radical (unpaired) electrons. The van der Waals surface area contributed by atoms with Crippen molar-refractivity contribution in [2.45, 2.75) is 31.2 Å². The predicted molar refractivity (Wildman–Crippen MR) is 85.4 cm³/mol. The molecular formula is C15H21ClN2OS. The van der Waals surface area contributed by atoms with Crippen LogP contribution in [0.5, 0.6) is 0 Å². The molecule has 2 N–H and O–H groups in total. The maximum Gasteiger partial charge on any atom is 0.226 e. The highest BCUT2D eigenvalue weighted by molar-refractivity contribution is 7.99. The van der Waals surface area contributed by atoms with E-state index in [9.17, 15) is 4.79 Å². The van der Waals surface area contributed by atoms with Gasteiger partial charge in [-0.05, 0) is 49.8 Å². The van der Waals surface area contributed by atoms with E-state index in [1.165, 1.54) is 10.5 Å². The number of halogens is 1. The summed E-state index contributed by atoms with van der Waals surface area (Å²) < 4.78 is 0. The first kappa shape index (κ1) is 15.7. The van der Waals surface area contributed by atoms with E-state index in [0.29, 0.717) is 6.54 Å². The molecule has 0 aromatic heterocycles. The van der Waals surface area contributed by atoms with Crippen LogP contribution in [-0.4, -0.2) is 25.3 Å². The minimum absolute atomic E-state index is 0.0569. The standard InChI is InChI=1S/C15H21ClN2OS/c1-15(2,14(19)17-3)9-18-12-6-7-20-13-5-4-10(16)8-11(12)13/h4-5,8,12,18H,6-7,9H2,1-3H3,(H,17,19). The molecule has 20 heavy (non-hydrogen) atoms. The third-order valence-corrected chi connectivity index (χ3v) is 5.00. The van der Waals surface area contributed by atoms with Gasteiger partial charge in [-0.25, -0.2) is 0 Å². The summed E-state index contributed by atoms with van der Waals surface area (Å²) in [7, 11) is 1.68. The second kappa shape index (κ2) is 6.37. The minimum atomic E-state index is -0.419. The highest BCUT2D eigenvalue weighted by atomic mass is 35.5. The van der Waals surface area contributed by atoms with Gasteiger partial charge in [-0.1, -0.05) is 11.6 Å². The van der Waals surface area contributed by atoms with Gasteiger partial charge in [0.1, 0.15) is 0 Å². The molecule has 110 valence electrons. The van der Waals surface area contributed by atoms with Gasteiger partial charge in [0.2, 0.25) is 5.91 Å². The smallest absolute Gasteiger partial charge is 0.226 e. The highest BCUT2D eigenvalue weighted by Gasteiger charge is 2.29. The second-order valence-electron chi connectivity index (χ2n) is 5.72. The maximum absolute atomic E-state index is 11.8. The van der Waals surface area contributed by atoms with Gasteiger partial charge in [0.25, 0.3) is 0 Å². The van der Waals surface area contributed by atoms with Crippen molar-refractivity contribution >= 4 is 29.3 Å². The van der Waals surface area contributed by atoms with Crippen LogP contribution >= 0.6 is 23.4 Å². The molecule has 1 aromatic rings. The second-order valence-corrected chi connectivity index (χ2v) is 7.29. The van der Waals surface area contributed by atoms with Crippen LogP contribution in [0, 0.1) is 5.41 Å². The van der Waals surface area contributed by atoms with E-state index in [1.54, 1.807) is 7.05 Å². The molecule has 0 aliphatic carbocycles. The van der Waals surface area contributed by atoms with E-state index in [4.69, 9.17) is 11.6 Å². The number of carbonyl (C=O) groups excluding carboxylic acids is 1. The summed E-state index contributed by atoms with van der Waals surface area (Å²) in [6.07, 6.45) is 1.06. The number of thioether (sulfide) groups is 1. The largest absolute Gasteiger partial charge is 0.359 e. The molecule has 3 nitrogen and oxygen atoms in total. The summed E-state index contributed by atoms with van der Waals surface area (Å²) in [4.78, 5) is 13.1. The lowest BCUT2D eigenvalue weighted by atomic mass is 9.91. The molecule has 2 rings (SSSR count). The zero-order valence-corrected chi connectivity index (χ0v) is 13.7. The number of nitrogens with one attached hydrogen (secondary N) is 2. The van der Waals surface area contributed by atoms with Crippen molar-refractivity contribution in [2.24, 2.45) is 5.41 Å². The zero-order valence-electron chi connectivity index (χ0n) is 12.1. The molecule has 1 amide bonds. The number of carbonyl (C=O) groups is 1. The van der Waals surface area contributed by atoms with Gasteiger partial charge in [-0.2, -0.15) is 0 Å². The van der Waals surface area contributed by atoms with Crippen molar-refractivity contribution in [3.8, 4) is 0 Å². The van der Waals surface area contributed by atoms with Crippen molar-refractivity contribution in [3.63, 3.8) is 0 Å². The first-order valence-corrected chi connectivity index (χ1v) is 8.18. The Morgan fingerprint density at radius 3 is 2.95 bits per heavy atom. The Bertz CT molecular complexity index is 505. The van der Waals surface area contributed by atoms with Crippen LogP contribution in [0.3, 0.4) is 0 Å². The highest BCUT2D eigenvalue weighted by Crippen LogP contribution is 2.37. The summed E-state index contributed by atoms with van der Waals surface area (Å²) >= 11 is 7.97. The van der Waals surface area contributed by atoms with E-state index >= 15 is 0 Å². The Balaban J connectivity index is 2.09. The average molecular weight is 313 g/mol. The Kier molecular flexibility index (Phi) is 4.99. The molecule has 1 aliphatic heterocycles. The number of amides is 1. The lowest BCUT2D eigenvalue weighted by Crippen LogP contribution is -2.43. The summed E-state index contributed by atoms with van der Waals surface area (Å²) in [5, 5.41) is 7.01. The Morgan fingerprint density at radius 2 is 2.25 bits per heavy atom. The molecule has 1 atom stereocenters. The van der Waals surface area contributed by atoms with Crippen LogP contribution in [0.1, 0.15) is 31.9 Å². The number of fused-ring (bicyclic) bond motifs is 1. The van der Waals surface area contributed by atoms with Crippen molar-refractivity contribution in [3.05, 3.63) is 28.8 Å². The van der Waals surface area contributed by atoms with Gasteiger partial charge in [0.05, 0.1) is 5.41 Å². The van der Waals surface area contributed by atoms with Gasteiger partial charge in [0.15, 0.2) is 0 Å². The van der Waals surface area contributed by atoms with Gasteiger partial charge in [0, 0.05) is 29.6 Å². The van der Waals surface area contributed by atoms with Crippen LogP contribution in [0.25, 0.3) is 0 Å². The average Bonchev–Trinajstić information content (AvgIpc) is 2.44. The van der Waals surface area contributed by atoms with E-state index in [-0.39, 0.29) is 11.9 Å². The maximum atomic E-state index is 11.8. The van der Waals surface area contributed by atoms with Crippen molar-refractivity contribution in [1.82, 2.24) is 10.6 Å². The van der Waals surface area contributed by atoms with Crippen molar-refractivity contribution in [2.75, 3.05) is 19.3 Å². The molecule has 1 aliphatic rings. The molecular weight excluding hydrogens is 292 g/mol. The van der Waals surface area contributed by atoms with Gasteiger partial charge >= 0.3 is 0 Å². The lowest BCUT2D eigenvalue weighted by Gasteiger charge is -2.30. The normalized spacial score (nSPS) is 18.5. The minimum Gasteiger partial charge on any atom is -0.359 e. The number of benzene rings is 1. The summed E-state index contributed by atoms with van der Waals surface area (Å²) in [5.74, 6) is 1.15. The topological polar surface area (TPSA) is 41.1 Å². The Hall–Kier alpha value is -0.710. The fourth-order valence-corrected chi connectivity index (χ4v) is 3.66. The van der Waals surface area contributed by atoms with Crippen LogP contribution in [0.4, 0.5) is 0 Å². The van der Waals surface area contributed by atoms with Crippen LogP contribution < -0.4 is 10.6 Å². The van der Waals surface area contributed by atoms with E-state index in [2.05, 4.69) is 16.7 Å². The molecule has 0 bridgehead atoms. The molecule has 5 heteroatoms. The molecule has 0 saturated heterocycles. The third kappa shape index (κ3) is 3.48. The lowest BCUT2D eigenvalue weighted by molar-refractivity contribution is -0.128. The first-order valence-electron chi connectivity index (χ1n) is 6.82. The van der Waals surface area contributed by atoms with Crippen LogP contribution in [0.2, 0.25) is 5.02 Å². The molecule has 1 heterocycles. The molecule has 0 fully saturated rings. The monoisotopic (exact) mass is 312 g/mol. The van der Waals surface area contributed by atoms with Crippen molar-refractivity contribution in [1.29, 1.82) is 0 Å². The van der Waals surface area contributed by atoms with Gasteiger partial charge in [-0.3, -0.25) is 4.79 Å². The first-order chi connectivity index (χ1) is 9.44. The number of rotatable bonds is 4. The van der Waals surface area contributed by atoms with Crippen LogP contribution in [-0.2, 0) is 4.79 Å². The number of hydrogen-bond acceptors (Lipinski definition) is 3. The number of hydrogen-bond donors (Lipinski definition) is 2. The third-order valence-electron chi connectivity index (χ3n) is 3.64. The van der Waals surface area contributed by atoms with Crippen molar-refractivity contribution < 1.29 is 4.79 Å². The predicted octanol–water partition coefficient (Wildman–Crippen LogP) is 3.24.